The van der Waals surface area contributed by atoms with Crippen LogP contribution in [0.2, 0.25) is 0 Å². The second-order valence-electron chi connectivity index (χ2n) is 6.16. The van der Waals surface area contributed by atoms with Gasteiger partial charge in [-0.25, -0.2) is 4.39 Å². The number of aromatic nitrogens is 4. The first-order chi connectivity index (χ1) is 12.6. The van der Waals surface area contributed by atoms with E-state index in [4.69, 9.17) is 4.74 Å². The molecule has 0 fully saturated rings. The zero-order valence-corrected chi connectivity index (χ0v) is 15.1. The van der Waals surface area contributed by atoms with Crippen molar-refractivity contribution in [3.63, 3.8) is 0 Å². The predicted molar refractivity (Wildman–Crippen MR) is 90.3 cm³/mol. The number of anilines is 1. The van der Waals surface area contributed by atoms with Crippen LogP contribution >= 0.6 is 0 Å². The molecule has 0 aliphatic carbocycles. The van der Waals surface area contributed by atoms with Gasteiger partial charge in [0.25, 0.3) is 5.82 Å². The van der Waals surface area contributed by atoms with Gasteiger partial charge in [0.15, 0.2) is 23.0 Å². The third kappa shape index (κ3) is 3.38. The van der Waals surface area contributed by atoms with Gasteiger partial charge in [-0.1, -0.05) is 6.07 Å². The number of ether oxygens (including phenoxy) is 1. The average Bonchev–Trinajstić information content (AvgIpc) is 3.02. The molecular formula is C17H17F4N5O. The summed E-state index contributed by atoms with van der Waals surface area (Å²) < 4.78 is 58.9. The highest BCUT2D eigenvalue weighted by atomic mass is 19.4. The lowest BCUT2D eigenvalue weighted by molar-refractivity contribution is -0.146. The summed E-state index contributed by atoms with van der Waals surface area (Å²) >= 11 is 0. The number of methoxy groups -OCH3 is 1. The lowest BCUT2D eigenvalue weighted by atomic mass is 10.1. The number of halogens is 4. The average molecular weight is 383 g/mol. The summed E-state index contributed by atoms with van der Waals surface area (Å²) in [7, 11) is 3.03. The van der Waals surface area contributed by atoms with Crippen molar-refractivity contribution in [1.82, 2.24) is 19.8 Å². The van der Waals surface area contributed by atoms with Crippen LogP contribution in [-0.4, -0.2) is 34.0 Å². The normalized spacial score (nSPS) is 11.9. The zero-order chi connectivity index (χ0) is 19.9. The topological polar surface area (TPSA) is 55.5 Å². The Morgan fingerprint density at radius 3 is 2.44 bits per heavy atom. The van der Waals surface area contributed by atoms with E-state index in [1.807, 2.05) is 0 Å². The van der Waals surface area contributed by atoms with Crippen molar-refractivity contribution in [3.8, 4) is 5.75 Å². The van der Waals surface area contributed by atoms with Crippen LogP contribution in [0.5, 0.6) is 5.75 Å². The number of hydrogen-bond donors (Lipinski definition) is 0. The lowest BCUT2D eigenvalue weighted by Crippen LogP contribution is -2.22. The second-order valence-corrected chi connectivity index (χ2v) is 6.16. The van der Waals surface area contributed by atoms with Crippen molar-refractivity contribution in [3.05, 3.63) is 46.5 Å². The van der Waals surface area contributed by atoms with Crippen molar-refractivity contribution < 1.29 is 22.3 Å². The third-order valence-corrected chi connectivity index (χ3v) is 4.32. The predicted octanol–water partition coefficient (Wildman–Crippen LogP) is 3.54. The van der Waals surface area contributed by atoms with Crippen molar-refractivity contribution in [2.45, 2.75) is 26.6 Å². The Hall–Kier alpha value is -2.91. The molecule has 1 aromatic carbocycles. The van der Waals surface area contributed by atoms with Crippen molar-refractivity contribution in [1.29, 1.82) is 0 Å². The quantitative estimate of drug-likeness (QED) is 0.645. The van der Waals surface area contributed by atoms with E-state index < -0.39 is 17.8 Å². The maximum Gasteiger partial charge on any atom is 0.453 e. The molecule has 144 valence electrons. The van der Waals surface area contributed by atoms with E-state index in [9.17, 15) is 17.6 Å². The van der Waals surface area contributed by atoms with E-state index in [0.717, 1.165) is 0 Å². The number of benzene rings is 1. The molecule has 0 amide bonds. The summed E-state index contributed by atoms with van der Waals surface area (Å²) in [4.78, 5) is 1.64. The van der Waals surface area contributed by atoms with Gasteiger partial charge in [0.05, 0.1) is 7.11 Å². The minimum absolute atomic E-state index is 0.0486. The monoisotopic (exact) mass is 383 g/mol. The summed E-state index contributed by atoms with van der Waals surface area (Å²) in [5.74, 6) is -1.27. The van der Waals surface area contributed by atoms with Gasteiger partial charge in [0, 0.05) is 24.7 Å². The first-order valence-electron chi connectivity index (χ1n) is 7.96. The molecule has 0 saturated carbocycles. The second kappa shape index (κ2) is 6.67. The number of fused-ring (bicyclic) bond motifs is 1. The van der Waals surface area contributed by atoms with Crippen LogP contribution in [0, 0.1) is 19.7 Å². The Labute approximate surface area is 152 Å². The largest absolute Gasteiger partial charge is 0.494 e. The first-order valence-corrected chi connectivity index (χ1v) is 7.96. The van der Waals surface area contributed by atoms with Crippen LogP contribution in [0.25, 0.3) is 5.65 Å². The first kappa shape index (κ1) is 18.9. The number of hydrogen-bond acceptors (Lipinski definition) is 5. The van der Waals surface area contributed by atoms with E-state index in [1.165, 1.54) is 19.2 Å². The highest BCUT2D eigenvalue weighted by Crippen LogP contribution is 2.30. The van der Waals surface area contributed by atoms with Crippen LogP contribution in [0.15, 0.2) is 18.2 Å². The smallest absolute Gasteiger partial charge is 0.453 e. The molecule has 0 N–H and O–H groups in total. The summed E-state index contributed by atoms with van der Waals surface area (Å²) in [6, 6.07) is 4.49. The van der Waals surface area contributed by atoms with Gasteiger partial charge in [-0.3, -0.25) is 0 Å². The van der Waals surface area contributed by atoms with Crippen LogP contribution in [0.1, 0.15) is 22.5 Å². The number of nitrogens with zero attached hydrogens (tertiary/aromatic N) is 5. The molecule has 0 spiro atoms. The maximum absolute atomic E-state index is 13.9. The Morgan fingerprint density at radius 1 is 1.15 bits per heavy atom. The molecule has 0 bridgehead atoms. The molecule has 27 heavy (non-hydrogen) atoms. The van der Waals surface area contributed by atoms with E-state index in [2.05, 4.69) is 15.3 Å². The van der Waals surface area contributed by atoms with E-state index >= 15 is 0 Å². The Kier molecular flexibility index (Phi) is 4.66. The molecule has 2 heterocycles. The van der Waals surface area contributed by atoms with Gasteiger partial charge >= 0.3 is 6.18 Å². The summed E-state index contributed by atoms with van der Waals surface area (Å²) in [6.07, 6.45) is -4.68. The summed E-state index contributed by atoms with van der Waals surface area (Å²) in [6.45, 7) is 3.64. The number of aryl methyl sites for hydroxylation is 1. The van der Waals surface area contributed by atoms with Crippen LogP contribution in [0.4, 0.5) is 23.4 Å². The van der Waals surface area contributed by atoms with Crippen LogP contribution < -0.4 is 9.64 Å². The van der Waals surface area contributed by atoms with Gasteiger partial charge in [0.2, 0.25) is 0 Å². The summed E-state index contributed by atoms with van der Waals surface area (Å²) in [5, 5.41) is 10.9. The Bertz CT molecular complexity index is 999. The van der Waals surface area contributed by atoms with Crippen LogP contribution in [0.3, 0.4) is 0 Å². The third-order valence-electron chi connectivity index (χ3n) is 4.32. The molecular weight excluding hydrogens is 366 g/mol. The molecule has 0 unspecified atom stereocenters. The molecule has 0 aliphatic heterocycles. The molecule has 3 aromatic rings. The Balaban J connectivity index is 2.02. The fraction of sp³-hybridized carbons (Fsp3) is 0.353. The SMILES string of the molecule is COc1ccc(CN(C)c2nn3c(C(F)(F)F)nnc3c(C)c2C)cc1F. The lowest BCUT2D eigenvalue weighted by Gasteiger charge is -2.22. The van der Waals surface area contributed by atoms with Crippen molar-refractivity contribution in [2.24, 2.45) is 0 Å². The van der Waals surface area contributed by atoms with Gasteiger partial charge in [-0.2, -0.15) is 17.7 Å². The van der Waals surface area contributed by atoms with Gasteiger partial charge < -0.3 is 9.64 Å². The molecule has 0 atom stereocenters. The molecule has 3 rings (SSSR count). The molecule has 6 nitrogen and oxygen atoms in total. The molecule has 0 radical (unpaired) electrons. The highest BCUT2D eigenvalue weighted by Gasteiger charge is 2.38. The van der Waals surface area contributed by atoms with E-state index in [-0.39, 0.29) is 17.9 Å². The summed E-state index contributed by atoms with van der Waals surface area (Å²) in [5.41, 5.74) is 1.87. The minimum atomic E-state index is -4.68. The van der Waals surface area contributed by atoms with Gasteiger partial charge in [-0.05, 0) is 31.5 Å². The van der Waals surface area contributed by atoms with E-state index in [0.29, 0.717) is 27.0 Å². The molecule has 0 saturated heterocycles. The fourth-order valence-electron chi connectivity index (χ4n) is 2.81. The van der Waals surface area contributed by atoms with Gasteiger partial charge in [0.1, 0.15) is 0 Å². The van der Waals surface area contributed by atoms with Gasteiger partial charge in [-0.15, -0.1) is 15.3 Å². The van der Waals surface area contributed by atoms with Crippen molar-refractivity contribution in [2.75, 3.05) is 19.1 Å². The fourth-order valence-corrected chi connectivity index (χ4v) is 2.81. The standard InChI is InChI=1S/C17H17F4N5O/c1-9-10(2)15(24-26-14(9)22-23-16(26)17(19,20)21)25(3)8-11-5-6-13(27-4)12(18)7-11/h5-7H,8H2,1-4H3. The molecule has 0 aliphatic rings. The zero-order valence-electron chi connectivity index (χ0n) is 15.1. The number of alkyl halides is 3. The Morgan fingerprint density at radius 2 is 1.85 bits per heavy atom. The molecule has 10 heteroatoms. The van der Waals surface area contributed by atoms with Crippen LogP contribution in [-0.2, 0) is 12.7 Å². The maximum atomic E-state index is 13.9. The van der Waals surface area contributed by atoms with E-state index in [1.54, 1.807) is 31.9 Å². The highest BCUT2D eigenvalue weighted by molar-refractivity contribution is 5.59. The van der Waals surface area contributed by atoms with Crippen molar-refractivity contribution >= 4 is 11.5 Å². The molecule has 2 aromatic heterocycles. The number of rotatable bonds is 4. The minimum Gasteiger partial charge on any atom is -0.494 e.